The van der Waals surface area contributed by atoms with E-state index in [1.165, 1.54) is 0 Å². The number of pyridine rings is 1. The second-order valence-corrected chi connectivity index (χ2v) is 6.13. The number of halogens is 1. The van der Waals surface area contributed by atoms with E-state index in [9.17, 15) is 9.90 Å². The molecule has 136 valence electrons. The number of hydrogen-bond donors (Lipinski definition) is 2. The molecule has 2 heterocycles. The van der Waals surface area contributed by atoms with Crippen molar-refractivity contribution in [3.63, 3.8) is 0 Å². The Morgan fingerprint density at radius 2 is 2.00 bits per heavy atom. The van der Waals surface area contributed by atoms with Gasteiger partial charge in [0.25, 0.3) is 11.4 Å². The van der Waals surface area contributed by atoms with Crippen molar-refractivity contribution < 1.29 is 14.4 Å². The van der Waals surface area contributed by atoms with Crippen LogP contribution in [0.3, 0.4) is 0 Å². The zero-order valence-corrected chi connectivity index (χ0v) is 14.9. The highest BCUT2D eigenvalue weighted by Crippen LogP contribution is 2.34. The lowest BCUT2D eigenvalue weighted by Crippen LogP contribution is -2.09. The van der Waals surface area contributed by atoms with Crippen LogP contribution >= 0.6 is 11.6 Å². The van der Waals surface area contributed by atoms with Gasteiger partial charge in [-0.05, 0) is 43.3 Å². The lowest BCUT2D eigenvalue weighted by molar-refractivity contribution is 0.340. The summed E-state index contributed by atoms with van der Waals surface area (Å²) in [6.45, 7) is 2.47. The summed E-state index contributed by atoms with van der Waals surface area (Å²) in [6, 6.07) is 12.1. The molecule has 4 rings (SSSR count). The molecule has 2 aromatic heterocycles. The Balaban J connectivity index is 1.78. The van der Waals surface area contributed by atoms with Crippen LogP contribution in [0.25, 0.3) is 33.7 Å². The Labute approximate surface area is 158 Å². The highest BCUT2D eigenvalue weighted by molar-refractivity contribution is 6.35. The van der Waals surface area contributed by atoms with E-state index in [1.807, 2.05) is 6.92 Å². The summed E-state index contributed by atoms with van der Waals surface area (Å²) >= 11 is 6.08. The standard InChI is InChI=1S/C19H14ClN3O4/c1-2-26-11-8-6-10(7-9-11)17-22-19(27-23-17)14-16(24)12-4-3-5-13(20)15(12)21-18(14)25/h3-9H,2H2,1H3,(H2,21,24,25). The summed E-state index contributed by atoms with van der Waals surface area (Å²) in [5.41, 5.74) is 0.356. The van der Waals surface area contributed by atoms with Gasteiger partial charge in [0, 0.05) is 10.9 Å². The molecule has 2 aromatic carbocycles. The number of benzene rings is 2. The molecule has 0 fully saturated rings. The minimum absolute atomic E-state index is 0.0838. The number of ether oxygens (including phenoxy) is 1. The Morgan fingerprint density at radius 1 is 1.22 bits per heavy atom. The van der Waals surface area contributed by atoms with Gasteiger partial charge in [-0.3, -0.25) is 4.79 Å². The number of aromatic hydroxyl groups is 1. The monoisotopic (exact) mass is 383 g/mol. The van der Waals surface area contributed by atoms with Gasteiger partial charge in [-0.25, -0.2) is 0 Å². The van der Waals surface area contributed by atoms with E-state index in [1.54, 1.807) is 42.5 Å². The lowest BCUT2D eigenvalue weighted by atomic mass is 10.1. The third-order valence-electron chi connectivity index (χ3n) is 4.03. The molecule has 27 heavy (non-hydrogen) atoms. The van der Waals surface area contributed by atoms with E-state index in [0.717, 1.165) is 5.75 Å². The molecule has 0 aliphatic heterocycles. The van der Waals surface area contributed by atoms with Crippen molar-refractivity contribution >= 4 is 22.5 Å². The number of fused-ring (bicyclic) bond motifs is 1. The van der Waals surface area contributed by atoms with Crippen LogP contribution in [-0.2, 0) is 0 Å². The van der Waals surface area contributed by atoms with E-state index >= 15 is 0 Å². The van der Waals surface area contributed by atoms with Crippen LogP contribution in [0.1, 0.15) is 6.92 Å². The maximum atomic E-state index is 12.5. The summed E-state index contributed by atoms with van der Waals surface area (Å²) in [4.78, 5) is 19.3. The van der Waals surface area contributed by atoms with Gasteiger partial charge in [-0.15, -0.1) is 0 Å². The van der Waals surface area contributed by atoms with Gasteiger partial charge in [0.2, 0.25) is 5.82 Å². The van der Waals surface area contributed by atoms with Crippen molar-refractivity contribution in [2.24, 2.45) is 0 Å². The van der Waals surface area contributed by atoms with Gasteiger partial charge in [0.15, 0.2) is 0 Å². The van der Waals surface area contributed by atoms with Crippen LogP contribution < -0.4 is 10.3 Å². The molecule has 0 saturated heterocycles. The number of aromatic nitrogens is 3. The minimum Gasteiger partial charge on any atom is -0.506 e. The molecular formula is C19H14ClN3O4. The molecule has 0 spiro atoms. The summed E-state index contributed by atoms with van der Waals surface area (Å²) in [7, 11) is 0. The van der Waals surface area contributed by atoms with Crippen LogP contribution in [0.15, 0.2) is 51.8 Å². The first-order valence-corrected chi connectivity index (χ1v) is 8.57. The maximum absolute atomic E-state index is 12.5. The Kier molecular flexibility index (Phi) is 4.29. The number of aromatic amines is 1. The fourth-order valence-electron chi connectivity index (χ4n) is 2.77. The fraction of sp³-hybridized carbons (Fsp3) is 0.105. The van der Waals surface area contributed by atoms with Crippen molar-refractivity contribution in [1.82, 2.24) is 15.1 Å². The number of nitrogens with one attached hydrogen (secondary N) is 1. The highest BCUT2D eigenvalue weighted by atomic mass is 35.5. The van der Waals surface area contributed by atoms with Crippen LogP contribution in [0.4, 0.5) is 0 Å². The zero-order valence-electron chi connectivity index (χ0n) is 14.2. The predicted molar refractivity (Wildman–Crippen MR) is 101 cm³/mol. The molecular weight excluding hydrogens is 370 g/mol. The Bertz CT molecular complexity index is 1180. The first-order valence-electron chi connectivity index (χ1n) is 8.19. The Morgan fingerprint density at radius 3 is 2.74 bits per heavy atom. The van der Waals surface area contributed by atoms with Gasteiger partial charge >= 0.3 is 0 Å². The molecule has 0 atom stereocenters. The molecule has 8 heteroatoms. The fourth-order valence-corrected chi connectivity index (χ4v) is 3.00. The summed E-state index contributed by atoms with van der Waals surface area (Å²) in [6.07, 6.45) is 0. The second-order valence-electron chi connectivity index (χ2n) is 5.72. The van der Waals surface area contributed by atoms with Crippen LogP contribution in [0, 0.1) is 0 Å². The van der Waals surface area contributed by atoms with Crippen LogP contribution in [0.5, 0.6) is 11.5 Å². The van der Waals surface area contributed by atoms with Crippen LogP contribution in [-0.4, -0.2) is 26.8 Å². The molecule has 0 aliphatic rings. The van der Waals surface area contributed by atoms with E-state index < -0.39 is 5.56 Å². The van der Waals surface area contributed by atoms with Gasteiger partial charge in [-0.2, -0.15) is 4.98 Å². The number of rotatable bonds is 4. The average molecular weight is 384 g/mol. The van der Waals surface area contributed by atoms with E-state index in [0.29, 0.717) is 28.1 Å². The van der Waals surface area contributed by atoms with Gasteiger partial charge in [0.05, 0.1) is 17.1 Å². The quantitative estimate of drug-likeness (QED) is 0.552. The number of H-pyrrole nitrogens is 1. The number of nitrogens with zero attached hydrogens (tertiary/aromatic N) is 2. The SMILES string of the molecule is CCOc1ccc(-c2noc(-c3c(O)c4cccc(Cl)c4[nH]c3=O)n2)cc1. The first-order chi connectivity index (χ1) is 13.1. The van der Waals surface area contributed by atoms with Gasteiger partial charge < -0.3 is 19.4 Å². The van der Waals surface area contributed by atoms with E-state index in [2.05, 4.69) is 15.1 Å². The molecule has 0 unspecified atom stereocenters. The molecule has 4 aromatic rings. The molecule has 7 nitrogen and oxygen atoms in total. The van der Waals surface area contributed by atoms with Crippen molar-refractivity contribution in [3.05, 3.63) is 57.8 Å². The van der Waals surface area contributed by atoms with Crippen molar-refractivity contribution in [3.8, 4) is 34.3 Å². The van der Waals surface area contributed by atoms with Crippen molar-refractivity contribution in [1.29, 1.82) is 0 Å². The third kappa shape index (κ3) is 3.02. The molecule has 0 amide bonds. The minimum atomic E-state index is -0.574. The number of hydrogen-bond acceptors (Lipinski definition) is 6. The summed E-state index contributed by atoms with van der Waals surface area (Å²) in [5.74, 6) is 0.668. The lowest BCUT2D eigenvalue weighted by Gasteiger charge is -2.05. The molecule has 0 aliphatic carbocycles. The smallest absolute Gasteiger partial charge is 0.267 e. The van der Waals surface area contributed by atoms with Crippen LogP contribution in [0.2, 0.25) is 5.02 Å². The molecule has 0 bridgehead atoms. The van der Waals surface area contributed by atoms with Gasteiger partial charge in [-0.1, -0.05) is 22.8 Å². The Hall–Kier alpha value is -3.32. The largest absolute Gasteiger partial charge is 0.506 e. The number of para-hydroxylation sites is 1. The highest BCUT2D eigenvalue weighted by Gasteiger charge is 2.21. The average Bonchev–Trinajstić information content (AvgIpc) is 3.13. The predicted octanol–water partition coefficient (Wildman–Crippen LogP) is 4.00. The zero-order chi connectivity index (χ0) is 19.0. The summed E-state index contributed by atoms with van der Waals surface area (Å²) < 4.78 is 10.6. The normalized spacial score (nSPS) is 11.0. The van der Waals surface area contributed by atoms with Crippen molar-refractivity contribution in [2.75, 3.05) is 6.61 Å². The first kappa shape index (κ1) is 17.1. The molecule has 2 N–H and O–H groups in total. The van der Waals surface area contributed by atoms with E-state index in [4.69, 9.17) is 20.9 Å². The third-order valence-corrected chi connectivity index (χ3v) is 4.35. The maximum Gasteiger partial charge on any atom is 0.267 e. The molecule has 0 radical (unpaired) electrons. The summed E-state index contributed by atoms with van der Waals surface area (Å²) in [5, 5.41) is 15.2. The van der Waals surface area contributed by atoms with Gasteiger partial charge in [0.1, 0.15) is 17.1 Å². The second kappa shape index (κ2) is 6.77. The van der Waals surface area contributed by atoms with Crippen molar-refractivity contribution in [2.45, 2.75) is 6.92 Å². The molecule has 0 saturated carbocycles. The topological polar surface area (TPSA) is 101 Å². The van der Waals surface area contributed by atoms with E-state index in [-0.39, 0.29) is 23.0 Å².